The van der Waals surface area contributed by atoms with Gasteiger partial charge in [-0.1, -0.05) is 46.9 Å². The molecule has 3 aromatic rings. The molecule has 9 heteroatoms. The van der Waals surface area contributed by atoms with Crippen LogP contribution in [0, 0.1) is 0 Å². The van der Waals surface area contributed by atoms with Gasteiger partial charge in [-0.3, -0.25) is 18.7 Å². The van der Waals surface area contributed by atoms with Crippen molar-refractivity contribution in [3.05, 3.63) is 72.3 Å². The number of hydrogen-bond donors (Lipinski definition) is 1. The van der Waals surface area contributed by atoms with Gasteiger partial charge >= 0.3 is 5.69 Å². The number of fused-ring (bicyclic) bond motifs is 1. The van der Waals surface area contributed by atoms with E-state index in [4.69, 9.17) is 34.8 Å². The van der Waals surface area contributed by atoms with Crippen molar-refractivity contribution in [2.24, 2.45) is 0 Å². The molecule has 0 aliphatic heterocycles. The molecule has 1 aromatic heterocycles. The average Bonchev–Trinajstić information content (AvgIpc) is 2.63. The number of benzene rings is 2. The Morgan fingerprint density at radius 1 is 1.00 bits per heavy atom. The number of rotatable bonds is 4. The molecule has 0 fully saturated rings. The lowest BCUT2D eigenvalue weighted by Gasteiger charge is -2.14. The lowest BCUT2D eigenvalue weighted by molar-refractivity contribution is -0.116. The van der Waals surface area contributed by atoms with Crippen LogP contribution in [0.3, 0.4) is 0 Å². The number of nitrogens with zero attached hydrogens (tertiary/aromatic N) is 2. The molecular formula is C18H14Cl3N3O3. The van der Waals surface area contributed by atoms with Gasteiger partial charge in [0, 0.05) is 6.54 Å². The Labute approximate surface area is 168 Å². The highest BCUT2D eigenvalue weighted by atomic mass is 35.5. The molecule has 0 spiro atoms. The maximum absolute atomic E-state index is 12.7. The fourth-order valence-electron chi connectivity index (χ4n) is 2.75. The molecule has 0 aliphatic rings. The molecule has 6 nitrogen and oxygen atoms in total. The lowest BCUT2D eigenvalue weighted by atomic mass is 10.2. The smallest absolute Gasteiger partial charge is 0.323 e. The second kappa shape index (κ2) is 7.76. The molecule has 1 N–H and O–H groups in total. The van der Waals surface area contributed by atoms with Crippen LogP contribution in [-0.2, 0) is 17.9 Å². The highest BCUT2D eigenvalue weighted by molar-refractivity contribution is 6.44. The number of carbonyl (C=O) groups excluding carboxylic acids is 1. The number of para-hydroxylation sites is 1. The summed E-state index contributed by atoms with van der Waals surface area (Å²) in [6, 6.07) is 9.48. The Hall–Kier alpha value is -2.28. The minimum atomic E-state index is -0.559. The first-order valence-electron chi connectivity index (χ1n) is 8.00. The summed E-state index contributed by atoms with van der Waals surface area (Å²) in [4.78, 5) is 37.6. The number of aromatic nitrogens is 2. The molecule has 0 saturated carbocycles. The van der Waals surface area contributed by atoms with Crippen LogP contribution in [-0.4, -0.2) is 15.0 Å². The number of anilines is 1. The van der Waals surface area contributed by atoms with E-state index in [1.165, 1.54) is 16.7 Å². The van der Waals surface area contributed by atoms with E-state index < -0.39 is 11.6 Å². The summed E-state index contributed by atoms with van der Waals surface area (Å²) in [5, 5.41) is 3.68. The molecule has 27 heavy (non-hydrogen) atoms. The van der Waals surface area contributed by atoms with E-state index >= 15 is 0 Å². The zero-order chi connectivity index (χ0) is 19.7. The maximum Gasteiger partial charge on any atom is 0.331 e. The normalized spacial score (nSPS) is 11.0. The molecule has 0 bridgehead atoms. The van der Waals surface area contributed by atoms with Gasteiger partial charge in [-0.15, -0.1) is 0 Å². The van der Waals surface area contributed by atoms with E-state index in [1.54, 1.807) is 31.2 Å². The van der Waals surface area contributed by atoms with Crippen molar-refractivity contribution in [1.29, 1.82) is 0 Å². The van der Waals surface area contributed by atoms with Gasteiger partial charge < -0.3 is 5.32 Å². The van der Waals surface area contributed by atoms with Gasteiger partial charge in [-0.25, -0.2) is 4.79 Å². The van der Waals surface area contributed by atoms with Gasteiger partial charge in [0.25, 0.3) is 5.56 Å². The Bertz CT molecular complexity index is 1170. The summed E-state index contributed by atoms with van der Waals surface area (Å²) >= 11 is 17.9. The van der Waals surface area contributed by atoms with Crippen LogP contribution in [0.15, 0.2) is 46.0 Å². The van der Waals surface area contributed by atoms with Gasteiger partial charge in [-0.2, -0.15) is 0 Å². The second-order valence-electron chi connectivity index (χ2n) is 5.73. The van der Waals surface area contributed by atoms with Crippen molar-refractivity contribution >= 4 is 57.3 Å². The van der Waals surface area contributed by atoms with Gasteiger partial charge in [0.2, 0.25) is 5.91 Å². The molecule has 1 heterocycles. The third-order valence-corrected chi connectivity index (χ3v) is 5.07. The quantitative estimate of drug-likeness (QED) is 0.645. The van der Waals surface area contributed by atoms with Gasteiger partial charge in [-0.05, 0) is 31.2 Å². The standard InChI is InChI=1S/C18H14Cl3N3O3/c1-2-23-17(26)10-5-3-4-6-15(10)24(18(23)27)9-16(25)22-14-8-12(20)11(19)7-13(14)21/h3-8H,2,9H2,1H3,(H,22,25). The Kier molecular flexibility index (Phi) is 5.60. The molecule has 2 aromatic carbocycles. The minimum Gasteiger partial charge on any atom is -0.323 e. The molecule has 0 unspecified atom stereocenters. The lowest BCUT2D eigenvalue weighted by Crippen LogP contribution is -2.41. The van der Waals surface area contributed by atoms with Crippen LogP contribution < -0.4 is 16.6 Å². The molecule has 0 atom stereocenters. The number of hydrogen-bond acceptors (Lipinski definition) is 3. The van der Waals surface area contributed by atoms with Crippen molar-refractivity contribution < 1.29 is 4.79 Å². The van der Waals surface area contributed by atoms with E-state index in [0.29, 0.717) is 10.9 Å². The second-order valence-corrected chi connectivity index (χ2v) is 6.95. The molecule has 1 amide bonds. The average molecular weight is 427 g/mol. The van der Waals surface area contributed by atoms with Crippen molar-refractivity contribution in [2.45, 2.75) is 20.0 Å². The predicted molar refractivity (Wildman–Crippen MR) is 108 cm³/mol. The Morgan fingerprint density at radius 2 is 1.67 bits per heavy atom. The van der Waals surface area contributed by atoms with Crippen LogP contribution in [0.4, 0.5) is 5.69 Å². The van der Waals surface area contributed by atoms with E-state index in [9.17, 15) is 14.4 Å². The summed E-state index contributed by atoms with van der Waals surface area (Å²) in [6.45, 7) is 1.59. The van der Waals surface area contributed by atoms with Crippen LogP contribution in [0.1, 0.15) is 6.92 Å². The Morgan fingerprint density at radius 3 is 2.37 bits per heavy atom. The third-order valence-electron chi connectivity index (χ3n) is 4.03. The van der Waals surface area contributed by atoms with Gasteiger partial charge in [0.05, 0.1) is 31.7 Å². The Balaban J connectivity index is 2.02. The van der Waals surface area contributed by atoms with E-state index in [-0.39, 0.29) is 39.4 Å². The first kappa shape index (κ1) is 19.5. The van der Waals surface area contributed by atoms with Crippen LogP contribution in [0.5, 0.6) is 0 Å². The van der Waals surface area contributed by atoms with E-state index in [0.717, 1.165) is 4.57 Å². The topological polar surface area (TPSA) is 73.1 Å². The van der Waals surface area contributed by atoms with Gasteiger partial charge in [0.15, 0.2) is 0 Å². The highest BCUT2D eigenvalue weighted by Crippen LogP contribution is 2.32. The first-order valence-corrected chi connectivity index (χ1v) is 9.13. The highest BCUT2D eigenvalue weighted by Gasteiger charge is 2.15. The summed E-state index contributed by atoms with van der Waals surface area (Å²) in [5.74, 6) is -0.496. The number of nitrogens with one attached hydrogen (secondary N) is 1. The molecule has 0 aliphatic carbocycles. The van der Waals surface area contributed by atoms with Crippen LogP contribution >= 0.6 is 34.8 Å². The predicted octanol–water partition coefficient (Wildman–Crippen LogP) is 3.78. The maximum atomic E-state index is 12.7. The number of amides is 1. The third kappa shape index (κ3) is 3.74. The zero-order valence-corrected chi connectivity index (χ0v) is 16.4. The molecule has 0 saturated heterocycles. The fourth-order valence-corrected chi connectivity index (χ4v) is 3.35. The monoisotopic (exact) mass is 425 g/mol. The van der Waals surface area contributed by atoms with Crippen LogP contribution in [0.25, 0.3) is 10.9 Å². The van der Waals surface area contributed by atoms with Crippen molar-refractivity contribution in [3.63, 3.8) is 0 Å². The first-order chi connectivity index (χ1) is 12.8. The summed E-state index contributed by atoms with van der Waals surface area (Å²) in [7, 11) is 0. The molecule has 140 valence electrons. The summed E-state index contributed by atoms with van der Waals surface area (Å²) in [5.41, 5.74) is -0.288. The van der Waals surface area contributed by atoms with Crippen molar-refractivity contribution in [2.75, 3.05) is 5.32 Å². The molecular weight excluding hydrogens is 413 g/mol. The van der Waals surface area contributed by atoms with Crippen LogP contribution in [0.2, 0.25) is 15.1 Å². The summed E-state index contributed by atoms with van der Waals surface area (Å²) < 4.78 is 2.34. The largest absolute Gasteiger partial charge is 0.331 e. The zero-order valence-electron chi connectivity index (χ0n) is 14.1. The fraction of sp³-hybridized carbons (Fsp3) is 0.167. The van der Waals surface area contributed by atoms with E-state index in [2.05, 4.69) is 5.32 Å². The molecule has 0 radical (unpaired) electrons. The van der Waals surface area contributed by atoms with Gasteiger partial charge in [0.1, 0.15) is 6.54 Å². The van der Waals surface area contributed by atoms with Crippen molar-refractivity contribution in [3.8, 4) is 0 Å². The van der Waals surface area contributed by atoms with E-state index in [1.807, 2.05) is 0 Å². The summed E-state index contributed by atoms with van der Waals surface area (Å²) in [6.07, 6.45) is 0. The number of carbonyl (C=O) groups is 1. The molecule has 3 rings (SSSR count). The SMILES string of the molecule is CCn1c(=O)c2ccccc2n(CC(=O)Nc2cc(Cl)c(Cl)cc2Cl)c1=O. The number of halogens is 3. The minimum absolute atomic E-state index is 0.197. The van der Waals surface area contributed by atoms with Crippen molar-refractivity contribution in [1.82, 2.24) is 9.13 Å².